The Balaban J connectivity index is 1.30. The van der Waals surface area contributed by atoms with Crippen LogP contribution in [-0.4, -0.2) is 60.6 Å². The Morgan fingerprint density at radius 2 is 1.91 bits per heavy atom. The molecule has 3 heterocycles. The third-order valence-corrected chi connectivity index (χ3v) is 7.23. The summed E-state index contributed by atoms with van der Waals surface area (Å²) in [5.74, 6) is 1.58. The summed E-state index contributed by atoms with van der Waals surface area (Å²) in [4.78, 5) is 22.9. The fourth-order valence-corrected chi connectivity index (χ4v) is 5.31. The first kappa shape index (κ1) is 22.6. The zero-order valence-electron chi connectivity index (χ0n) is 19.0. The molecular formula is C25H25ClN4O3S. The maximum Gasteiger partial charge on any atom is 0.228 e. The monoisotopic (exact) mass is 496 g/mol. The molecule has 7 nitrogen and oxygen atoms in total. The van der Waals surface area contributed by atoms with Crippen LogP contribution in [0.5, 0.6) is 11.5 Å². The van der Waals surface area contributed by atoms with E-state index >= 15 is 0 Å². The maximum absolute atomic E-state index is 13.1. The van der Waals surface area contributed by atoms with Gasteiger partial charge in [-0.3, -0.25) is 9.20 Å². The molecule has 0 unspecified atom stereocenters. The summed E-state index contributed by atoms with van der Waals surface area (Å²) in [7, 11) is 3.27. The number of aromatic nitrogens is 2. The molecule has 2 aromatic heterocycles. The minimum Gasteiger partial charge on any atom is -0.497 e. The number of thiazole rings is 1. The van der Waals surface area contributed by atoms with Gasteiger partial charge < -0.3 is 19.3 Å². The number of hydrogen-bond donors (Lipinski definition) is 0. The molecule has 0 aliphatic carbocycles. The molecular weight excluding hydrogens is 472 g/mol. The molecule has 1 saturated heterocycles. The molecule has 0 N–H and O–H groups in total. The molecule has 9 heteroatoms. The van der Waals surface area contributed by atoms with E-state index < -0.39 is 0 Å². The summed E-state index contributed by atoms with van der Waals surface area (Å²) >= 11 is 7.66. The lowest BCUT2D eigenvalue weighted by atomic mass is 10.1. The van der Waals surface area contributed by atoms with E-state index in [0.29, 0.717) is 19.5 Å². The molecule has 1 fully saturated rings. The predicted octanol–water partition coefficient (Wildman–Crippen LogP) is 4.62. The summed E-state index contributed by atoms with van der Waals surface area (Å²) in [6.45, 7) is 2.95. The van der Waals surface area contributed by atoms with E-state index in [1.807, 2.05) is 57.3 Å². The third kappa shape index (κ3) is 4.43. The number of piperazine rings is 1. The van der Waals surface area contributed by atoms with Gasteiger partial charge in [0.1, 0.15) is 11.5 Å². The molecule has 1 amide bonds. The number of carbonyl (C=O) groups excluding carboxylic acids is 1. The number of benzene rings is 2. The van der Waals surface area contributed by atoms with Gasteiger partial charge in [0.05, 0.1) is 26.3 Å². The Kier molecular flexibility index (Phi) is 6.34. The van der Waals surface area contributed by atoms with E-state index in [2.05, 4.69) is 11.0 Å². The number of nitrogens with zero attached hydrogens (tertiary/aromatic N) is 4. The lowest BCUT2D eigenvalue weighted by Crippen LogP contribution is -2.49. The van der Waals surface area contributed by atoms with Crippen molar-refractivity contribution in [2.45, 2.75) is 6.42 Å². The maximum atomic E-state index is 13.1. The fraction of sp³-hybridized carbons (Fsp3) is 0.280. The van der Waals surface area contributed by atoms with Crippen LogP contribution in [0.4, 0.5) is 5.69 Å². The van der Waals surface area contributed by atoms with Gasteiger partial charge in [0, 0.05) is 59.7 Å². The molecule has 4 aromatic rings. The Hall–Kier alpha value is -3.23. The van der Waals surface area contributed by atoms with E-state index in [1.54, 1.807) is 14.2 Å². The van der Waals surface area contributed by atoms with E-state index in [0.717, 1.165) is 57.2 Å². The summed E-state index contributed by atoms with van der Waals surface area (Å²) in [6, 6.07) is 13.5. The van der Waals surface area contributed by atoms with Crippen LogP contribution < -0.4 is 14.4 Å². The molecule has 0 atom stereocenters. The second-order valence-electron chi connectivity index (χ2n) is 8.10. The predicted molar refractivity (Wildman–Crippen MR) is 136 cm³/mol. The summed E-state index contributed by atoms with van der Waals surface area (Å²) in [5.41, 5.74) is 3.67. The number of methoxy groups -OCH3 is 2. The van der Waals surface area contributed by atoms with Crippen LogP contribution in [0.2, 0.25) is 5.02 Å². The SMILES string of the molecule is COc1ccc(OC)c(-c2cn3c(CC(=O)N4CCN(c5cccc(Cl)c5)CC4)csc3n2)c1. The first-order valence-electron chi connectivity index (χ1n) is 11.0. The number of imidazole rings is 1. The second-order valence-corrected chi connectivity index (χ2v) is 9.37. The van der Waals surface area contributed by atoms with Crippen molar-refractivity contribution in [3.63, 3.8) is 0 Å². The summed E-state index contributed by atoms with van der Waals surface area (Å²) in [6.07, 6.45) is 2.30. The highest BCUT2D eigenvalue weighted by Crippen LogP contribution is 2.34. The Morgan fingerprint density at radius 3 is 2.65 bits per heavy atom. The fourth-order valence-electron chi connectivity index (χ4n) is 4.25. The van der Waals surface area contributed by atoms with Crippen molar-refractivity contribution in [2.24, 2.45) is 0 Å². The average Bonchev–Trinajstić information content (AvgIpc) is 3.45. The minimum absolute atomic E-state index is 0.125. The lowest BCUT2D eigenvalue weighted by Gasteiger charge is -2.36. The largest absolute Gasteiger partial charge is 0.497 e. The number of hydrogen-bond acceptors (Lipinski definition) is 6. The van der Waals surface area contributed by atoms with Gasteiger partial charge in [-0.2, -0.15) is 0 Å². The first-order chi connectivity index (χ1) is 16.6. The molecule has 0 radical (unpaired) electrons. The van der Waals surface area contributed by atoms with Crippen molar-refractivity contribution < 1.29 is 14.3 Å². The minimum atomic E-state index is 0.125. The van der Waals surface area contributed by atoms with Gasteiger partial charge in [0.2, 0.25) is 5.91 Å². The Bertz CT molecular complexity index is 1330. The highest BCUT2D eigenvalue weighted by molar-refractivity contribution is 7.15. The van der Waals surface area contributed by atoms with Gasteiger partial charge in [-0.1, -0.05) is 17.7 Å². The number of fused-ring (bicyclic) bond motifs is 1. The molecule has 1 aliphatic heterocycles. The Morgan fingerprint density at radius 1 is 1.09 bits per heavy atom. The van der Waals surface area contributed by atoms with Crippen LogP contribution in [0, 0.1) is 0 Å². The van der Waals surface area contributed by atoms with Crippen molar-refractivity contribution in [1.82, 2.24) is 14.3 Å². The lowest BCUT2D eigenvalue weighted by molar-refractivity contribution is -0.130. The highest BCUT2D eigenvalue weighted by atomic mass is 35.5. The molecule has 5 rings (SSSR count). The normalized spacial score (nSPS) is 14.0. The van der Waals surface area contributed by atoms with Crippen LogP contribution >= 0.6 is 22.9 Å². The molecule has 2 aromatic carbocycles. The third-order valence-electron chi connectivity index (χ3n) is 6.10. The Labute approximate surface area is 207 Å². The first-order valence-corrected chi connectivity index (χ1v) is 12.3. The number of halogens is 1. The van der Waals surface area contributed by atoms with Crippen molar-refractivity contribution in [1.29, 1.82) is 0 Å². The van der Waals surface area contributed by atoms with Crippen molar-refractivity contribution in [3.8, 4) is 22.8 Å². The van der Waals surface area contributed by atoms with Gasteiger partial charge in [-0.05, 0) is 36.4 Å². The van der Waals surface area contributed by atoms with E-state index in [4.69, 9.17) is 26.1 Å². The standard InChI is InChI=1S/C25H25ClN4O3S/c1-32-20-6-7-23(33-2)21(14-20)22-15-30-19(16-34-25(30)27-22)13-24(31)29-10-8-28(9-11-29)18-5-3-4-17(26)12-18/h3-7,12,14-16H,8-11,13H2,1-2H3. The number of carbonyl (C=O) groups is 1. The van der Waals surface area contributed by atoms with Crippen LogP contribution in [0.3, 0.4) is 0 Å². The van der Waals surface area contributed by atoms with E-state index in [1.165, 1.54) is 11.3 Å². The molecule has 176 valence electrons. The van der Waals surface area contributed by atoms with Gasteiger partial charge >= 0.3 is 0 Å². The number of amides is 1. The van der Waals surface area contributed by atoms with Crippen LogP contribution in [0.1, 0.15) is 5.69 Å². The zero-order chi connectivity index (χ0) is 23.7. The van der Waals surface area contributed by atoms with Crippen LogP contribution in [-0.2, 0) is 11.2 Å². The molecule has 0 bridgehead atoms. The second kappa shape index (κ2) is 9.56. The topological polar surface area (TPSA) is 59.3 Å². The summed E-state index contributed by atoms with van der Waals surface area (Å²) < 4.78 is 12.9. The van der Waals surface area contributed by atoms with Crippen molar-refractivity contribution in [2.75, 3.05) is 45.3 Å². The van der Waals surface area contributed by atoms with E-state index in [-0.39, 0.29) is 5.91 Å². The number of ether oxygens (including phenoxy) is 2. The smallest absolute Gasteiger partial charge is 0.228 e. The van der Waals surface area contributed by atoms with E-state index in [9.17, 15) is 4.79 Å². The molecule has 1 aliphatic rings. The zero-order valence-corrected chi connectivity index (χ0v) is 20.6. The molecule has 34 heavy (non-hydrogen) atoms. The average molecular weight is 497 g/mol. The molecule has 0 spiro atoms. The van der Waals surface area contributed by atoms with Crippen molar-refractivity contribution in [3.05, 3.63) is 64.8 Å². The van der Waals surface area contributed by atoms with Crippen LogP contribution in [0.25, 0.3) is 16.2 Å². The van der Waals surface area contributed by atoms with Gasteiger partial charge in [0.15, 0.2) is 4.96 Å². The van der Waals surface area contributed by atoms with Gasteiger partial charge in [-0.15, -0.1) is 11.3 Å². The quantitative estimate of drug-likeness (QED) is 0.389. The molecule has 0 saturated carbocycles. The van der Waals surface area contributed by atoms with Gasteiger partial charge in [0.25, 0.3) is 0 Å². The number of anilines is 1. The summed E-state index contributed by atoms with van der Waals surface area (Å²) in [5, 5.41) is 2.73. The van der Waals surface area contributed by atoms with Crippen LogP contribution in [0.15, 0.2) is 54.0 Å². The van der Waals surface area contributed by atoms with Gasteiger partial charge in [-0.25, -0.2) is 4.98 Å². The number of rotatable bonds is 6. The van der Waals surface area contributed by atoms with Crippen molar-refractivity contribution >= 4 is 39.5 Å². The highest BCUT2D eigenvalue weighted by Gasteiger charge is 2.23.